The highest BCUT2D eigenvalue weighted by atomic mass is 32.2. The van der Waals surface area contributed by atoms with Crippen LogP contribution in [0.25, 0.3) is 10.9 Å². The number of aryl methyl sites for hydroxylation is 1. The van der Waals surface area contributed by atoms with Gasteiger partial charge in [-0.05, 0) is 17.9 Å². The molecule has 0 amide bonds. The van der Waals surface area contributed by atoms with Crippen LogP contribution in [0.15, 0.2) is 40.2 Å². The van der Waals surface area contributed by atoms with E-state index in [9.17, 15) is 4.79 Å². The fraction of sp³-hybridized carbons (Fsp3) is 0.250. The second-order valence-corrected chi connectivity index (χ2v) is 4.69. The zero-order valence-corrected chi connectivity index (χ0v) is 9.67. The summed E-state index contributed by atoms with van der Waals surface area (Å²) in [6.07, 6.45) is 1.92. The topological polar surface area (TPSA) is 22.0 Å². The molecule has 0 aliphatic carbocycles. The molecule has 1 heterocycles. The molecule has 0 saturated heterocycles. The number of fused-ring (bicyclic) bond motifs is 1. The summed E-state index contributed by atoms with van der Waals surface area (Å²) < 4.78 is 2.01. The number of hydrogen-bond donors (Lipinski definition) is 0. The van der Waals surface area contributed by atoms with E-state index in [0.29, 0.717) is 0 Å². The zero-order valence-electron chi connectivity index (χ0n) is 8.86. The van der Waals surface area contributed by atoms with Gasteiger partial charge in [0.05, 0.1) is 10.4 Å². The molecule has 2 aromatic rings. The Morgan fingerprint density at radius 1 is 1.33 bits per heavy atom. The molecule has 0 saturated carbocycles. The predicted molar refractivity (Wildman–Crippen MR) is 65.6 cm³/mol. The molecule has 0 fully saturated rings. The molecular weight excluding hydrogens is 206 g/mol. The summed E-state index contributed by atoms with van der Waals surface area (Å²) in [5.41, 5.74) is 1.14. The zero-order chi connectivity index (χ0) is 10.8. The molecule has 0 atom stereocenters. The van der Waals surface area contributed by atoms with E-state index in [-0.39, 0.29) is 5.43 Å². The normalized spacial score (nSPS) is 10.8. The number of para-hydroxylation sites is 1. The first kappa shape index (κ1) is 10.3. The minimum atomic E-state index is 0.149. The number of pyridine rings is 1. The summed E-state index contributed by atoms with van der Waals surface area (Å²) in [7, 11) is 1.97. The highest BCUT2D eigenvalue weighted by Crippen LogP contribution is 2.17. The number of rotatable bonds is 2. The fourth-order valence-electron chi connectivity index (χ4n) is 1.67. The molecule has 0 spiro atoms. The first-order valence-corrected chi connectivity index (χ1v) is 5.93. The smallest absolute Gasteiger partial charge is 0.202 e. The number of hydrogen-bond acceptors (Lipinski definition) is 2. The molecule has 15 heavy (non-hydrogen) atoms. The van der Waals surface area contributed by atoms with Gasteiger partial charge in [0.1, 0.15) is 0 Å². The quantitative estimate of drug-likeness (QED) is 0.724. The van der Waals surface area contributed by atoms with Crippen molar-refractivity contribution in [2.75, 3.05) is 5.75 Å². The van der Waals surface area contributed by atoms with Gasteiger partial charge in [0.25, 0.3) is 0 Å². The number of aromatic nitrogens is 1. The van der Waals surface area contributed by atoms with Crippen molar-refractivity contribution >= 4 is 22.7 Å². The first-order chi connectivity index (χ1) is 7.24. The van der Waals surface area contributed by atoms with E-state index in [1.807, 2.05) is 42.1 Å². The Balaban J connectivity index is 2.79. The van der Waals surface area contributed by atoms with Crippen LogP contribution in [0.5, 0.6) is 0 Å². The van der Waals surface area contributed by atoms with Crippen molar-refractivity contribution in [1.29, 1.82) is 0 Å². The third-order valence-electron chi connectivity index (χ3n) is 2.36. The molecule has 1 aromatic carbocycles. The lowest BCUT2D eigenvalue weighted by molar-refractivity contribution is 0.924. The minimum absolute atomic E-state index is 0.149. The van der Waals surface area contributed by atoms with E-state index in [1.165, 1.54) is 0 Å². The summed E-state index contributed by atoms with van der Waals surface area (Å²) in [5, 5.41) is 0.804. The molecule has 1 aromatic heterocycles. The Bertz CT molecular complexity index is 545. The highest BCUT2D eigenvalue weighted by molar-refractivity contribution is 7.99. The monoisotopic (exact) mass is 219 g/mol. The van der Waals surface area contributed by atoms with Crippen LogP contribution in [0.4, 0.5) is 0 Å². The Labute approximate surface area is 92.9 Å². The average molecular weight is 219 g/mol. The lowest BCUT2D eigenvalue weighted by Crippen LogP contribution is -2.09. The SMILES string of the molecule is CCSc1cn(C)c2ccccc2c1=O. The van der Waals surface area contributed by atoms with E-state index >= 15 is 0 Å². The predicted octanol–water partition coefficient (Wildman–Crippen LogP) is 2.65. The molecule has 0 N–H and O–H groups in total. The second-order valence-electron chi connectivity index (χ2n) is 3.38. The van der Waals surface area contributed by atoms with Crippen molar-refractivity contribution in [2.45, 2.75) is 11.8 Å². The van der Waals surface area contributed by atoms with Crippen molar-refractivity contribution < 1.29 is 0 Å². The molecule has 78 valence electrons. The Morgan fingerprint density at radius 3 is 2.80 bits per heavy atom. The van der Waals surface area contributed by atoms with Gasteiger partial charge in [0.15, 0.2) is 0 Å². The van der Waals surface area contributed by atoms with E-state index < -0.39 is 0 Å². The van der Waals surface area contributed by atoms with Crippen molar-refractivity contribution in [3.63, 3.8) is 0 Å². The van der Waals surface area contributed by atoms with Crippen molar-refractivity contribution in [3.05, 3.63) is 40.7 Å². The van der Waals surface area contributed by atoms with Gasteiger partial charge < -0.3 is 4.57 Å². The highest BCUT2D eigenvalue weighted by Gasteiger charge is 2.05. The number of nitrogens with zero attached hydrogens (tertiary/aromatic N) is 1. The number of thioether (sulfide) groups is 1. The van der Waals surface area contributed by atoms with Crippen LogP contribution in [0.2, 0.25) is 0 Å². The molecule has 2 nitrogen and oxygen atoms in total. The lowest BCUT2D eigenvalue weighted by Gasteiger charge is -2.07. The molecule has 0 aliphatic rings. The van der Waals surface area contributed by atoms with E-state index in [2.05, 4.69) is 6.92 Å². The average Bonchev–Trinajstić information content (AvgIpc) is 2.26. The second kappa shape index (κ2) is 4.11. The van der Waals surface area contributed by atoms with Crippen molar-refractivity contribution in [1.82, 2.24) is 4.57 Å². The fourth-order valence-corrected chi connectivity index (χ4v) is 2.45. The molecule has 0 radical (unpaired) electrons. The van der Waals surface area contributed by atoms with Crippen LogP contribution < -0.4 is 5.43 Å². The van der Waals surface area contributed by atoms with E-state index in [4.69, 9.17) is 0 Å². The molecule has 3 heteroatoms. The van der Waals surface area contributed by atoms with Crippen LogP contribution in [0.3, 0.4) is 0 Å². The maximum atomic E-state index is 12.0. The Kier molecular flexibility index (Phi) is 2.82. The largest absolute Gasteiger partial charge is 0.349 e. The van der Waals surface area contributed by atoms with Gasteiger partial charge >= 0.3 is 0 Å². The van der Waals surface area contributed by atoms with Gasteiger partial charge in [-0.1, -0.05) is 19.1 Å². The maximum Gasteiger partial charge on any atom is 0.202 e. The summed E-state index contributed by atoms with van der Waals surface area (Å²) in [4.78, 5) is 12.9. The first-order valence-electron chi connectivity index (χ1n) is 4.95. The summed E-state index contributed by atoms with van der Waals surface area (Å²) in [6, 6.07) is 7.72. The van der Waals surface area contributed by atoms with Crippen LogP contribution in [0, 0.1) is 0 Å². The minimum Gasteiger partial charge on any atom is -0.349 e. The van der Waals surface area contributed by atoms with Crippen molar-refractivity contribution in [2.24, 2.45) is 7.05 Å². The number of benzene rings is 1. The summed E-state index contributed by atoms with van der Waals surface area (Å²) in [5.74, 6) is 0.924. The third kappa shape index (κ3) is 1.79. The Morgan fingerprint density at radius 2 is 2.07 bits per heavy atom. The van der Waals surface area contributed by atoms with Crippen LogP contribution >= 0.6 is 11.8 Å². The molecule has 0 unspecified atom stereocenters. The van der Waals surface area contributed by atoms with E-state index in [0.717, 1.165) is 21.6 Å². The Hall–Kier alpha value is -1.22. The summed E-state index contributed by atoms with van der Waals surface area (Å²) in [6.45, 7) is 2.05. The van der Waals surface area contributed by atoms with Crippen molar-refractivity contribution in [3.8, 4) is 0 Å². The standard InChI is InChI=1S/C12H13NOS/c1-3-15-11-8-13(2)10-7-5-4-6-9(10)12(11)14/h4-8H,3H2,1-2H3. The van der Waals surface area contributed by atoms with Crippen LogP contribution in [0.1, 0.15) is 6.92 Å². The third-order valence-corrected chi connectivity index (χ3v) is 3.25. The molecule has 0 aliphatic heterocycles. The summed E-state index contributed by atoms with van der Waals surface area (Å²) >= 11 is 1.60. The van der Waals surface area contributed by atoms with Gasteiger partial charge in [-0.15, -0.1) is 11.8 Å². The maximum absolute atomic E-state index is 12.0. The van der Waals surface area contributed by atoms with E-state index in [1.54, 1.807) is 11.8 Å². The van der Waals surface area contributed by atoms with Gasteiger partial charge in [0.2, 0.25) is 5.43 Å². The van der Waals surface area contributed by atoms with Crippen LogP contribution in [-0.2, 0) is 7.05 Å². The van der Waals surface area contributed by atoms with Gasteiger partial charge in [-0.25, -0.2) is 0 Å². The van der Waals surface area contributed by atoms with Crippen LogP contribution in [-0.4, -0.2) is 10.3 Å². The molecule has 2 rings (SSSR count). The lowest BCUT2D eigenvalue weighted by atomic mass is 10.2. The van der Waals surface area contributed by atoms with Gasteiger partial charge in [0, 0.05) is 18.6 Å². The van der Waals surface area contributed by atoms with Gasteiger partial charge in [-0.3, -0.25) is 4.79 Å². The molecular formula is C12H13NOS. The molecule has 0 bridgehead atoms. The van der Waals surface area contributed by atoms with Gasteiger partial charge in [-0.2, -0.15) is 0 Å².